The van der Waals surface area contributed by atoms with E-state index in [-0.39, 0.29) is 0 Å². The summed E-state index contributed by atoms with van der Waals surface area (Å²) in [7, 11) is 3.54. The van der Waals surface area contributed by atoms with Crippen LogP contribution in [0.2, 0.25) is 0 Å². The maximum Gasteiger partial charge on any atom is 0.119 e. The van der Waals surface area contributed by atoms with Gasteiger partial charge in [-0.2, -0.15) is 0 Å². The number of nitrogens with one attached hydrogen (secondary N) is 1. The molecule has 0 radical (unpaired) electrons. The average molecular weight is 279 g/mol. The first-order valence-electron chi connectivity index (χ1n) is 6.74. The lowest BCUT2D eigenvalue weighted by Gasteiger charge is -2.09. The Bertz CT molecular complexity index is 799. The standard InChI is InChI=1S/C17H17N3O/c1-19-12-6-7-16-14(9-12)15(18)10-17(20-16)11-4-3-5-13(8-11)21-2/h3-10,19H,1-2H3,(H2,18,20). The highest BCUT2D eigenvalue weighted by Gasteiger charge is 2.07. The van der Waals surface area contributed by atoms with Gasteiger partial charge in [0.15, 0.2) is 0 Å². The fraction of sp³-hybridized carbons (Fsp3) is 0.118. The molecule has 2 aromatic carbocycles. The number of nitrogens with two attached hydrogens (primary N) is 1. The molecule has 0 fully saturated rings. The summed E-state index contributed by atoms with van der Waals surface area (Å²) in [6, 6.07) is 15.7. The number of pyridine rings is 1. The Morgan fingerprint density at radius 2 is 1.95 bits per heavy atom. The number of aromatic nitrogens is 1. The maximum atomic E-state index is 6.19. The number of nitrogens with zero attached hydrogens (tertiary/aromatic N) is 1. The third kappa shape index (κ3) is 2.48. The van der Waals surface area contributed by atoms with Crippen molar-refractivity contribution in [3.8, 4) is 17.0 Å². The van der Waals surface area contributed by atoms with Crippen molar-refractivity contribution in [3.63, 3.8) is 0 Å². The van der Waals surface area contributed by atoms with Crippen molar-refractivity contribution < 1.29 is 4.74 Å². The van der Waals surface area contributed by atoms with Gasteiger partial charge in [0.1, 0.15) is 5.75 Å². The molecule has 3 rings (SSSR count). The number of fused-ring (bicyclic) bond motifs is 1. The van der Waals surface area contributed by atoms with E-state index in [2.05, 4.69) is 5.32 Å². The number of ether oxygens (including phenoxy) is 1. The van der Waals surface area contributed by atoms with Gasteiger partial charge in [-0.25, -0.2) is 4.98 Å². The van der Waals surface area contributed by atoms with Crippen LogP contribution in [0.4, 0.5) is 11.4 Å². The van der Waals surface area contributed by atoms with Gasteiger partial charge in [-0.1, -0.05) is 12.1 Å². The number of hydrogen-bond donors (Lipinski definition) is 2. The molecule has 0 amide bonds. The van der Waals surface area contributed by atoms with E-state index in [1.165, 1.54) is 0 Å². The summed E-state index contributed by atoms with van der Waals surface area (Å²) in [4.78, 5) is 4.69. The second-order valence-corrected chi connectivity index (χ2v) is 4.81. The summed E-state index contributed by atoms with van der Waals surface area (Å²) in [5, 5.41) is 4.06. The highest BCUT2D eigenvalue weighted by Crippen LogP contribution is 2.29. The quantitative estimate of drug-likeness (QED) is 0.770. The summed E-state index contributed by atoms with van der Waals surface area (Å²) < 4.78 is 5.26. The predicted molar refractivity (Wildman–Crippen MR) is 87.7 cm³/mol. The van der Waals surface area contributed by atoms with Crippen LogP contribution in [0.25, 0.3) is 22.2 Å². The van der Waals surface area contributed by atoms with E-state index in [0.717, 1.165) is 39.3 Å². The molecule has 0 atom stereocenters. The van der Waals surface area contributed by atoms with Crippen LogP contribution in [0.3, 0.4) is 0 Å². The highest BCUT2D eigenvalue weighted by molar-refractivity contribution is 5.94. The van der Waals surface area contributed by atoms with E-state index < -0.39 is 0 Å². The normalized spacial score (nSPS) is 10.6. The molecule has 0 aliphatic rings. The summed E-state index contributed by atoms with van der Waals surface area (Å²) >= 11 is 0. The molecule has 1 heterocycles. The number of nitrogen functional groups attached to an aromatic ring is 1. The SMILES string of the molecule is CNc1ccc2nc(-c3cccc(OC)c3)cc(N)c2c1. The van der Waals surface area contributed by atoms with E-state index in [0.29, 0.717) is 0 Å². The second kappa shape index (κ2) is 5.32. The van der Waals surface area contributed by atoms with Crippen molar-refractivity contribution in [2.45, 2.75) is 0 Å². The molecule has 1 aromatic heterocycles. The second-order valence-electron chi connectivity index (χ2n) is 4.81. The zero-order valence-electron chi connectivity index (χ0n) is 12.1. The Hall–Kier alpha value is -2.75. The third-order valence-electron chi connectivity index (χ3n) is 3.49. The first kappa shape index (κ1) is 13.2. The minimum atomic E-state index is 0.718. The van der Waals surface area contributed by atoms with E-state index in [4.69, 9.17) is 15.5 Å². The van der Waals surface area contributed by atoms with E-state index in [1.54, 1.807) is 7.11 Å². The molecule has 4 nitrogen and oxygen atoms in total. The van der Waals surface area contributed by atoms with Crippen molar-refractivity contribution in [1.29, 1.82) is 0 Å². The molecule has 0 unspecified atom stereocenters. The Labute approximate surface area is 123 Å². The largest absolute Gasteiger partial charge is 0.497 e. The summed E-state index contributed by atoms with van der Waals surface area (Å²) in [5.74, 6) is 0.804. The number of methoxy groups -OCH3 is 1. The Morgan fingerprint density at radius 3 is 2.71 bits per heavy atom. The lowest BCUT2D eigenvalue weighted by molar-refractivity contribution is 0.415. The maximum absolute atomic E-state index is 6.19. The monoisotopic (exact) mass is 279 g/mol. The smallest absolute Gasteiger partial charge is 0.119 e. The van der Waals surface area contributed by atoms with E-state index >= 15 is 0 Å². The van der Waals surface area contributed by atoms with Crippen LogP contribution < -0.4 is 15.8 Å². The fourth-order valence-electron chi connectivity index (χ4n) is 2.34. The van der Waals surface area contributed by atoms with Crippen LogP contribution in [-0.4, -0.2) is 19.1 Å². The molecular weight excluding hydrogens is 262 g/mol. The molecular formula is C17H17N3O. The fourth-order valence-corrected chi connectivity index (χ4v) is 2.34. The first-order valence-corrected chi connectivity index (χ1v) is 6.74. The zero-order chi connectivity index (χ0) is 14.8. The predicted octanol–water partition coefficient (Wildman–Crippen LogP) is 3.53. The van der Waals surface area contributed by atoms with Gasteiger partial charge in [0.2, 0.25) is 0 Å². The van der Waals surface area contributed by atoms with Crippen LogP contribution in [0.5, 0.6) is 5.75 Å². The minimum absolute atomic E-state index is 0.718. The van der Waals surface area contributed by atoms with E-state index in [9.17, 15) is 0 Å². The van der Waals surface area contributed by atoms with Crippen LogP contribution in [0.1, 0.15) is 0 Å². The van der Waals surface area contributed by atoms with Gasteiger partial charge in [0.05, 0.1) is 18.3 Å². The zero-order valence-corrected chi connectivity index (χ0v) is 12.1. The summed E-state index contributed by atoms with van der Waals surface area (Å²) in [6.07, 6.45) is 0. The lowest BCUT2D eigenvalue weighted by atomic mass is 10.1. The Kier molecular flexibility index (Phi) is 3.36. The highest BCUT2D eigenvalue weighted by atomic mass is 16.5. The molecule has 4 heteroatoms. The summed E-state index contributed by atoms with van der Waals surface area (Å²) in [6.45, 7) is 0. The topological polar surface area (TPSA) is 60.2 Å². The van der Waals surface area contributed by atoms with Gasteiger partial charge in [0.25, 0.3) is 0 Å². The van der Waals surface area contributed by atoms with Crippen LogP contribution in [0, 0.1) is 0 Å². The Morgan fingerprint density at radius 1 is 1.10 bits per heavy atom. The van der Waals surface area contributed by atoms with Crippen molar-refractivity contribution in [3.05, 3.63) is 48.5 Å². The van der Waals surface area contributed by atoms with Crippen molar-refractivity contribution in [1.82, 2.24) is 4.98 Å². The van der Waals surface area contributed by atoms with Gasteiger partial charge in [-0.3, -0.25) is 0 Å². The van der Waals surface area contributed by atoms with Gasteiger partial charge < -0.3 is 15.8 Å². The van der Waals surface area contributed by atoms with Gasteiger partial charge >= 0.3 is 0 Å². The van der Waals surface area contributed by atoms with Gasteiger partial charge in [-0.15, -0.1) is 0 Å². The molecule has 106 valence electrons. The van der Waals surface area contributed by atoms with Crippen LogP contribution in [0.15, 0.2) is 48.5 Å². The number of hydrogen-bond acceptors (Lipinski definition) is 4. The molecule has 0 aliphatic carbocycles. The molecule has 3 aromatic rings. The van der Waals surface area contributed by atoms with E-state index in [1.807, 2.05) is 55.6 Å². The first-order chi connectivity index (χ1) is 10.2. The minimum Gasteiger partial charge on any atom is -0.497 e. The number of benzene rings is 2. The van der Waals surface area contributed by atoms with Crippen molar-refractivity contribution in [2.75, 3.05) is 25.2 Å². The van der Waals surface area contributed by atoms with Crippen molar-refractivity contribution >= 4 is 22.3 Å². The molecule has 0 aliphatic heterocycles. The molecule has 3 N–H and O–H groups in total. The summed E-state index contributed by atoms with van der Waals surface area (Å²) in [5.41, 5.74) is 10.6. The van der Waals surface area contributed by atoms with Crippen LogP contribution >= 0.6 is 0 Å². The van der Waals surface area contributed by atoms with Crippen LogP contribution in [-0.2, 0) is 0 Å². The van der Waals surface area contributed by atoms with Gasteiger partial charge in [-0.05, 0) is 36.4 Å². The molecule has 21 heavy (non-hydrogen) atoms. The van der Waals surface area contributed by atoms with Crippen molar-refractivity contribution in [2.24, 2.45) is 0 Å². The Balaban J connectivity index is 2.16. The third-order valence-corrected chi connectivity index (χ3v) is 3.49. The average Bonchev–Trinajstić information content (AvgIpc) is 2.54. The molecule has 0 bridgehead atoms. The molecule has 0 saturated heterocycles. The van der Waals surface area contributed by atoms with Gasteiger partial charge in [0, 0.05) is 29.4 Å². The lowest BCUT2D eigenvalue weighted by Crippen LogP contribution is -1.95. The molecule has 0 saturated carbocycles. The number of rotatable bonds is 3. The number of anilines is 2. The molecule has 0 spiro atoms.